The monoisotopic (exact) mass is 314 g/mol. The quantitative estimate of drug-likeness (QED) is 0.908. The zero-order valence-corrected chi connectivity index (χ0v) is 13.7. The van der Waals surface area contributed by atoms with Crippen molar-refractivity contribution < 1.29 is 9.47 Å². The summed E-state index contributed by atoms with van der Waals surface area (Å²) in [5.74, 6) is 1.96. The molecule has 0 saturated carbocycles. The van der Waals surface area contributed by atoms with Crippen LogP contribution in [0, 0.1) is 0 Å². The van der Waals surface area contributed by atoms with E-state index in [-0.39, 0.29) is 12.1 Å². The molecule has 0 unspecified atom stereocenters. The van der Waals surface area contributed by atoms with Gasteiger partial charge < -0.3 is 15.2 Å². The van der Waals surface area contributed by atoms with Crippen molar-refractivity contribution in [2.75, 3.05) is 19.9 Å². The molecule has 1 aliphatic rings. The Kier molecular flexibility index (Phi) is 4.34. The summed E-state index contributed by atoms with van der Waals surface area (Å²) in [5, 5.41) is 0. The molecule has 0 saturated heterocycles. The molecule has 0 bridgehead atoms. The maximum Gasteiger partial charge on any atom is 0.222 e. The van der Waals surface area contributed by atoms with Gasteiger partial charge in [0.15, 0.2) is 0 Å². The van der Waals surface area contributed by atoms with Crippen molar-refractivity contribution in [3.05, 3.63) is 41.7 Å². The highest BCUT2D eigenvalue weighted by molar-refractivity contribution is 5.44. The average Bonchev–Trinajstić information content (AvgIpc) is 2.99. The molecule has 6 nitrogen and oxygen atoms in total. The van der Waals surface area contributed by atoms with E-state index >= 15 is 0 Å². The Bertz CT molecular complexity index is 667. The van der Waals surface area contributed by atoms with Crippen molar-refractivity contribution in [3.8, 4) is 11.6 Å². The number of fused-ring (bicyclic) bond motifs is 1. The number of likely N-dealkylation sites (N-methyl/N-ethyl adjacent to an activating group) is 1. The topological polar surface area (TPSA) is 73.5 Å². The van der Waals surface area contributed by atoms with Crippen LogP contribution in [-0.4, -0.2) is 41.2 Å². The lowest BCUT2D eigenvalue weighted by atomic mass is 10.0. The molecule has 0 fully saturated rings. The fourth-order valence-electron chi connectivity index (χ4n) is 2.89. The predicted molar refractivity (Wildman–Crippen MR) is 88.5 cm³/mol. The first-order valence-corrected chi connectivity index (χ1v) is 7.68. The van der Waals surface area contributed by atoms with Crippen LogP contribution in [0.25, 0.3) is 0 Å². The van der Waals surface area contributed by atoms with Crippen LogP contribution < -0.4 is 15.2 Å². The van der Waals surface area contributed by atoms with Crippen LogP contribution in [0.15, 0.2) is 30.6 Å². The lowest BCUT2D eigenvalue weighted by Gasteiger charge is -2.29. The Morgan fingerprint density at radius 1 is 1.39 bits per heavy atom. The molecule has 1 aromatic heterocycles. The summed E-state index contributed by atoms with van der Waals surface area (Å²) in [5.41, 5.74) is 8.05. The molecule has 2 aromatic rings. The molecule has 2 N–H and O–H groups in total. The van der Waals surface area contributed by atoms with Crippen LogP contribution >= 0.6 is 0 Å². The van der Waals surface area contributed by atoms with Gasteiger partial charge in [0, 0.05) is 19.0 Å². The second-order valence-corrected chi connectivity index (χ2v) is 5.87. The maximum absolute atomic E-state index is 6.08. The van der Waals surface area contributed by atoms with Crippen molar-refractivity contribution in [1.82, 2.24) is 14.9 Å². The molecule has 1 aromatic carbocycles. The standard InChI is InChI=1S/C17H22N4O2/c1-11(15-8-12-6-4-5-7-14(12)23-15)21(2)9-13-16(18)19-10-20-17(13)22-3/h4-7,10-11,15H,8-9H2,1-3H3,(H2,18,19,20)/t11-,15+/m1/s1. The number of anilines is 1. The number of methoxy groups -OCH3 is 1. The SMILES string of the molecule is COc1ncnc(N)c1CN(C)[C@H](C)[C@@H]1Cc2ccccc2O1. The number of para-hydroxylation sites is 1. The lowest BCUT2D eigenvalue weighted by Crippen LogP contribution is -2.41. The first-order valence-electron chi connectivity index (χ1n) is 7.68. The summed E-state index contributed by atoms with van der Waals surface area (Å²) < 4.78 is 11.4. The lowest BCUT2D eigenvalue weighted by molar-refractivity contribution is 0.104. The molecule has 3 rings (SSSR count). The Morgan fingerprint density at radius 3 is 2.91 bits per heavy atom. The first kappa shape index (κ1) is 15.6. The number of ether oxygens (including phenoxy) is 2. The Labute approximate surface area is 136 Å². The van der Waals surface area contributed by atoms with Gasteiger partial charge in [0.25, 0.3) is 0 Å². The number of hydrogen-bond acceptors (Lipinski definition) is 6. The second-order valence-electron chi connectivity index (χ2n) is 5.87. The van der Waals surface area contributed by atoms with Crippen LogP contribution in [0.5, 0.6) is 11.6 Å². The minimum atomic E-state index is 0.120. The molecule has 0 amide bonds. The minimum Gasteiger partial charge on any atom is -0.488 e. The maximum atomic E-state index is 6.08. The van der Waals surface area contributed by atoms with Crippen LogP contribution in [0.2, 0.25) is 0 Å². The van der Waals surface area contributed by atoms with Gasteiger partial charge in [-0.15, -0.1) is 0 Å². The molecule has 2 atom stereocenters. The van der Waals surface area contributed by atoms with Gasteiger partial charge in [-0.25, -0.2) is 9.97 Å². The molecular formula is C17H22N4O2. The fraction of sp³-hybridized carbons (Fsp3) is 0.412. The largest absolute Gasteiger partial charge is 0.488 e. The summed E-state index contributed by atoms with van der Waals surface area (Å²) in [6, 6.07) is 8.41. The van der Waals surface area contributed by atoms with E-state index in [1.807, 2.05) is 25.2 Å². The molecule has 6 heteroatoms. The number of hydrogen-bond donors (Lipinski definition) is 1. The van der Waals surface area contributed by atoms with E-state index in [4.69, 9.17) is 15.2 Å². The van der Waals surface area contributed by atoms with Crippen molar-refractivity contribution in [3.63, 3.8) is 0 Å². The third-order valence-corrected chi connectivity index (χ3v) is 4.45. The number of benzene rings is 1. The summed E-state index contributed by atoms with van der Waals surface area (Å²) in [4.78, 5) is 10.4. The van der Waals surface area contributed by atoms with Crippen molar-refractivity contribution in [2.24, 2.45) is 0 Å². The third-order valence-electron chi connectivity index (χ3n) is 4.45. The molecule has 1 aliphatic heterocycles. The molecule has 0 radical (unpaired) electrons. The molecule has 2 heterocycles. The van der Waals surface area contributed by atoms with Gasteiger partial charge in [0.1, 0.15) is 24.0 Å². The molecule has 0 spiro atoms. The van der Waals surface area contributed by atoms with Crippen molar-refractivity contribution >= 4 is 5.82 Å². The Morgan fingerprint density at radius 2 is 2.17 bits per heavy atom. The summed E-state index contributed by atoms with van der Waals surface area (Å²) in [6.45, 7) is 2.76. The van der Waals surface area contributed by atoms with Crippen molar-refractivity contribution in [2.45, 2.75) is 32.0 Å². The second kappa shape index (κ2) is 6.42. The van der Waals surface area contributed by atoms with Gasteiger partial charge in [-0.05, 0) is 25.6 Å². The summed E-state index contributed by atoms with van der Waals surface area (Å²) in [6.07, 6.45) is 2.45. The number of rotatable bonds is 5. The normalized spacial score (nSPS) is 17.7. The molecule has 122 valence electrons. The van der Waals surface area contributed by atoms with E-state index in [1.54, 1.807) is 7.11 Å². The van der Waals surface area contributed by atoms with E-state index in [2.05, 4.69) is 27.9 Å². The van der Waals surface area contributed by atoms with Gasteiger partial charge in [0.05, 0.1) is 12.7 Å². The Balaban J connectivity index is 1.71. The minimum absolute atomic E-state index is 0.120. The van der Waals surface area contributed by atoms with Crippen LogP contribution in [0.4, 0.5) is 5.82 Å². The molecule has 23 heavy (non-hydrogen) atoms. The zero-order valence-electron chi connectivity index (χ0n) is 13.7. The van der Waals surface area contributed by atoms with Crippen LogP contribution in [0.1, 0.15) is 18.1 Å². The Hall–Kier alpha value is -2.34. The van der Waals surface area contributed by atoms with E-state index < -0.39 is 0 Å². The smallest absolute Gasteiger partial charge is 0.222 e. The van der Waals surface area contributed by atoms with Crippen molar-refractivity contribution in [1.29, 1.82) is 0 Å². The van der Waals surface area contributed by atoms with Gasteiger partial charge >= 0.3 is 0 Å². The first-order chi connectivity index (χ1) is 11.1. The highest BCUT2D eigenvalue weighted by atomic mass is 16.5. The third kappa shape index (κ3) is 3.07. The van der Waals surface area contributed by atoms with E-state index in [0.717, 1.165) is 17.7 Å². The van der Waals surface area contributed by atoms with E-state index in [1.165, 1.54) is 11.9 Å². The molecular weight excluding hydrogens is 292 g/mol. The van der Waals surface area contributed by atoms with Crippen LogP contribution in [-0.2, 0) is 13.0 Å². The number of nitrogen functional groups attached to an aromatic ring is 1. The van der Waals surface area contributed by atoms with Crippen LogP contribution in [0.3, 0.4) is 0 Å². The van der Waals surface area contributed by atoms with E-state index in [9.17, 15) is 0 Å². The highest BCUT2D eigenvalue weighted by Gasteiger charge is 2.30. The average molecular weight is 314 g/mol. The van der Waals surface area contributed by atoms with Gasteiger partial charge in [0.2, 0.25) is 5.88 Å². The highest BCUT2D eigenvalue weighted by Crippen LogP contribution is 2.31. The number of nitrogens with zero attached hydrogens (tertiary/aromatic N) is 3. The summed E-state index contributed by atoms with van der Waals surface area (Å²) >= 11 is 0. The molecule has 0 aliphatic carbocycles. The fourth-order valence-corrected chi connectivity index (χ4v) is 2.89. The van der Waals surface area contributed by atoms with Gasteiger partial charge in [-0.3, -0.25) is 4.90 Å². The number of aromatic nitrogens is 2. The van der Waals surface area contributed by atoms with Gasteiger partial charge in [-0.2, -0.15) is 0 Å². The van der Waals surface area contributed by atoms with Gasteiger partial charge in [-0.1, -0.05) is 18.2 Å². The zero-order chi connectivity index (χ0) is 16.4. The summed E-state index contributed by atoms with van der Waals surface area (Å²) in [7, 11) is 3.63. The predicted octanol–water partition coefficient (Wildman–Crippen LogP) is 1.89. The number of nitrogens with two attached hydrogens (primary N) is 1. The van der Waals surface area contributed by atoms with E-state index in [0.29, 0.717) is 18.2 Å².